The van der Waals surface area contributed by atoms with Gasteiger partial charge in [0, 0.05) is 13.1 Å². The van der Waals surface area contributed by atoms with Crippen molar-refractivity contribution in [3.05, 3.63) is 29.1 Å². The molecule has 0 atom stereocenters. The van der Waals surface area contributed by atoms with E-state index in [4.69, 9.17) is 0 Å². The number of carbonyl (C=O) groups is 1. The molecule has 1 fully saturated rings. The van der Waals surface area contributed by atoms with Crippen LogP contribution in [0.1, 0.15) is 0 Å². The van der Waals surface area contributed by atoms with Gasteiger partial charge < -0.3 is 5.32 Å². The zero-order chi connectivity index (χ0) is 12.7. The van der Waals surface area contributed by atoms with Gasteiger partial charge in [0.15, 0.2) is 23.3 Å². The summed E-state index contributed by atoms with van der Waals surface area (Å²) in [4.78, 5) is 11.6. The first kappa shape index (κ1) is 11.6. The van der Waals surface area contributed by atoms with E-state index >= 15 is 0 Å². The SMILES string of the molecule is O=C1NCCN1c1c(F)c(F)c(F)c(F)c1F. The molecule has 3 nitrogen and oxygen atoms in total. The Balaban J connectivity index is 2.65. The van der Waals surface area contributed by atoms with E-state index in [1.54, 1.807) is 0 Å². The molecule has 92 valence electrons. The van der Waals surface area contributed by atoms with Gasteiger partial charge in [0.25, 0.3) is 0 Å². The van der Waals surface area contributed by atoms with E-state index in [0.29, 0.717) is 4.90 Å². The second-order valence-electron chi connectivity index (χ2n) is 3.30. The summed E-state index contributed by atoms with van der Waals surface area (Å²) in [5.74, 6) is -10.4. The lowest BCUT2D eigenvalue weighted by molar-refractivity contribution is 0.251. The third-order valence-electron chi connectivity index (χ3n) is 2.31. The monoisotopic (exact) mass is 252 g/mol. The Hall–Kier alpha value is -1.86. The highest BCUT2D eigenvalue weighted by Crippen LogP contribution is 2.30. The summed E-state index contributed by atoms with van der Waals surface area (Å²) < 4.78 is 65.0. The van der Waals surface area contributed by atoms with Crippen molar-refractivity contribution in [2.75, 3.05) is 18.0 Å². The number of urea groups is 1. The highest BCUT2D eigenvalue weighted by molar-refractivity contribution is 5.94. The summed E-state index contributed by atoms with van der Waals surface area (Å²) in [6.45, 7) is -0.102. The van der Waals surface area contributed by atoms with Crippen molar-refractivity contribution < 1.29 is 26.7 Å². The third kappa shape index (κ3) is 1.60. The molecule has 0 radical (unpaired) electrons. The quantitative estimate of drug-likeness (QED) is 0.462. The van der Waals surface area contributed by atoms with E-state index in [-0.39, 0.29) is 13.1 Å². The van der Waals surface area contributed by atoms with E-state index in [1.807, 2.05) is 0 Å². The molecule has 1 N–H and O–H groups in total. The Morgan fingerprint density at radius 1 is 0.882 bits per heavy atom. The Bertz CT molecular complexity index is 476. The lowest BCUT2D eigenvalue weighted by Crippen LogP contribution is -2.30. The molecule has 2 amide bonds. The normalized spacial score (nSPS) is 15.4. The molecule has 17 heavy (non-hydrogen) atoms. The second kappa shape index (κ2) is 3.86. The minimum atomic E-state index is -2.25. The first-order chi connectivity index (χ1) is 7.95. The summed E-state index contributed by atoms with van der Waals surface area (Å²) in [5.41, 5.74) is -1.23. The van der Waals surface area contributed by atoms with Gasteiger partial charge in [-0.05, 0) is 0 Å². The molecule has 1 saturated heterocycles. The van der Waals surface area contributed by atoms with E-state index < -0.39 is 40.8 Å². The first-order valence-corrected chi connectivity index (χ1v) is 4.52. The lowest BCUT2D eigenvalue weighted by Gasteiger charge is -2.16. The van der Waals surface area contributed by atoms with Crippen molar-refractivity contribution in [3.63, 3.8) is 0 Å². The van der Waals surface area contributed by atoms with Crippen LogP contribution >= 0.6 is 0 Å². The van der Waals surface area contributed by atoms with Crippen LogP contribution in [-0.4, -0.2) is 19.1 Å². The van der Waals surface area contributed by atoms with E-state index in [2.05, 4.69) is 5.32 Å². The van der Waals surface area contributed by atoms with Crippen molar-refractivity contribution in [1.29, 1.82) is 0 Å². The molecule has 1 aliphatic heterocycles. The minimum absolute atomic E-state index is 0.0678. The lowest BCUT2D eigenvalue weighted by atomic mass is 10.2. The topological polar surface area (TPSA) is 32.3 Å². The summed E-state index contributed by atoms with van der Waals surface area (Å²) in [7, 11) is 0. The first-order valence-electron chi connectivity index (χ1n) is 4.52. The van der Waals surface area contributed by atoms with Gasteiger partial charge in [-0.25, -0.2) is 26.7 Å². The number of amides is 2. The number of hydrogen-bond donors (Lipinski definition) is 1. The fourth-order valence-corrected chi connectivity index (χ4v) is 1.52. The van der Waals surface area contributed by atoms with Gasteiger partial charge in [0.05, 0.1) is 0 Å². The molecular weight excluding hydrogens is 247 g/mol. The molecule has 2 rings (SSSR count). The Kier molecular flexibility index (Phi) is 2.64. The zero-order valence-electron chi connectivity index (χ0n) is 8.16. The molecule has 0 spiro atoms. The van der Waals surface area contributed by atoms with Gasteiger partial charge in [-0.15, -0.1) is 0 Å². The number of nitrogens with one attached hydrogen (secondary N) is 1. The van der Waals surface area contributed by atoms with Gasteiger partial charge in [-0.2, -0.15) is 0 Å². The predicted octanol–water partition coefficient (Wildman–Crippen LogP) is 1.91. The predicted molar refractivity (Wildman–Crippen MR) is 47.0 cm³/mol. The van der Waals surface area contributed by atoms with Crippen LogP contribution in [0.5, 0.6) is 0 Å². The van der Waals surface area contributed by atoms with E-state index in [9.17, 15) is 26.7 Å². The third-order valence-corrected chi connectivity index (χ3v) is 2.31. The van der Waals surface area contributed by atoms with Crippen LogP contribution in [-0.2, 0) is 0 Å². The average Bonchev–Trinajstić information content (AvgIpc) is 2.71. The van der Waals surface area contributed by atoms with Crippen LogP contribution in [0, 0.1) is 29.1 Å². The standard InChI is InChI=1S/C9H5F5N2O/c10-3-4(11)6(13)8(7(14)5(3)12)16-2-1-15-9(16)17/h1-2H2,(H,15,17). The van der Waals surface area contributed by atoms with Crippen LogP contribution in [0.4, 0.5) is 32.4 Å². The molecule has 8 heteroatoms. The number of hydrogen-bond acceptors (Lipinski definition) is 1. The number of nitrogens with zero attached hydrogens (tertiary/aromatic N) is 1. The molecule has 0 aromatic heterocycles. The number of rotatable bonds is 1. The highest BCUT2D eigenvalue weighted by atomic mass is 19.2. The molecule has 1 aromatic rings. The summed E-state index contributed by atoms with van der Waals surface area (Å²) in [6.07, 6.45) is 0. The van der Waals surface area contributed by atoms with Crippen molar-refractivity contribution in [1.82, 2.24) is 5.32 Å². The molecule has 1 aliphatic rings. The molecular formula is C9H5F5N2O. The van der Waals surface area contributed by atoms with Crippen LogP contribution in [0.25, 0.3) is 0 Å². The van der Waals surface area contributed by atoms with Gasteiger partial charge in [0.2, 0.25) is 5.82 Å². The van der Waals surface area contributed by atoms with Crippen LogP contribution in [0.15, 0.2) is 0 Å². The number of anilines is 1. The van der Waals surface area contributed by atoms with Crippen LogP contribution < -0.4 is 10.2 Å². The van der Waals surface area contributed by atoms with Gasteiger partial charge in [-0.3, -0.25) is 4.90 Å². The Morgan fingerprint density at radius 3 is 1.76 bits per heavy atom. The maximum atomic E-state index is 13.3. The Morgan fingerprint density at radius 2 is 1.35 bits per heavy atom. The molecule has 0 saturated carbocycles. The fourth-order valence-electron chi connectivity index (χ4n) is 1.52. The van der Waals surface area contributed by atoms with Crippen LogP contribution in [0.2, 0.25) is 0 Å². The second-order valence-corrected chi connectivity index (χ2v) is 3.30. The molecule has 0 bridgehead atoms. The molecule has 1 heterocycles. The van der Waals surface area contributed by atoms with Crippen molar-refractivity contribution in [3.8, 4) is 0 Å². The van der Waals surface area contributed by atoms with Crippen molar-refractivity contribution in [2.24, 2.45) is 0 Å². The van der Waals surface area contributed by atoms with Crippen LogP contribution in [0.3, 0.4) is 0 Å². The van der Waals surface area contributed by atoms with E-state index in [1.165, 1.54) is 0 Å². The maximum Gasteiger partial charge on any atom is 0.322 e. The largest absolute Gasteiger partial charge is 0.336 e. The molecule has 0 aliphatic carbocycles. The molecule has 1 aromatic carbocycles. The number of benzene rings is 1. The zero-order valence-corrected chi connectivity index (χ0v) is 8.16. The Labute approximate surface area is 91.8 Å². The van der Waals surface area contributed by atoms with Crippen molar-refractivity contribution >= 4 is 11.7 Å². The number of halogens is 5. The van der Waals surface area contributed by atoms with Gasteiger partial charge >= 0.3 is 6.03 Å². The average molecular weight is 252 g/mol. The van der Waals surface area contributed by atoms with E-state index in [0.717, 1.165) is 0 Å². The fraction of sp³-hybridized carbons (Fsp3) is 0.222. The van der Waals surface area contributed by atoms with Gasteiger partial charge in [0.1, 0.15) is 5.69 Å². The van der Waals surface area contributed by atoms with Gasteiger partial charge in [-0.1, -0.05) is 0 Å². The summed E-state index contributed by atoms with van der Waals surface area (Å²) >= 11 is 0. The minimum Gasteiger partial charge on any atom is -0.336 e. The van der Waals surface area contributed by atoms with Crippen molar-refractivity contribution in [2.45, 2.75) is 0 Å². The molecule has 0 unspecified atom stereocenters. The maximum absolute atomic E-state index is 13.3. The summed E-state index contributed by atoms with van der Waals surface area (Å²) in [6, 6.07) is -0.909. The highest BCUT2D eigenvalue weighted by Gasteiger charge is 2.33. The smallest absolute Gasteiger partial charge is 0.322 e. The number of carbonyl (C=O) groups excluding carboxylic acids is 1. The summed E-state index contributed by atoms with van der Waals surface area (Å²) in [5, 5.41) is 2.19.